The maximum absolute atomic E-state index is 12.9. The second kappa shape index (κ2) is 7.30. The molecule has 1 N–H and O–H groups in total. The Kier molecular flexibility index (Phi) is 4.72. The van der Waals surface area contributed by atoms with Crippen LogP contribution in [0.25, 0.3) is 10.8 Å². The monoisotopic (exact) mass is 345 g/mol. The van der Waals surface area contributed by atoms with Gasteiger partial charge in [-0.05, 0) is 35.4 Å². The summed E-state index contributed by atoms with van der Waals surface area (Å²) in [5.74, 6) is 0.158. The van der Waals surface area contributed by atoms with Crippen LogP contribution in [0.2, 0.25) is 0 Å². The van der Waals surface area contributed by atoms with Crippen LogP contribution in [0.15, 0.2) is 66.7 Å². The summed E-state index contributed by atoms with van der Waals surface area (Å²) in [5, 5.41) is 2.30. The third-order valence-electron chi connectivity index (χ3n) is 5.46. The highest BCUT2D eigenvalue weighted by Crippen LogP contribution is 2.17. The summed E-state index contributed by atoms with van der Waals surface area (Å²) < 4.78 is 0. The fourth-order valence-electron chi connectivity index (χ4n) is 3.79. The zero-order valence-electron chi connectivity index (χ0n) is 15.2. The van der Waals surface area contributed by atoms with E-state index in [1.54, 1.807) is 4.90 Å². The smallest absolute Gasteiger partial charge is 0.254 e. The van der Waals surface area contributed by atoms with Gasteiger partial charge in [-0.1, -0.05) is 54.6 Å². The fraction of sp³-hybridized carbons (Fsp3) is 0.261. The molecule has 26 heavy (non-hydrogen) atoms. The lowest BCUT2D eigenvalue weighted by atomic mass is 10.1. The molecule has 1 amide bonds. The molecular formula is C23H25N2O+. The van der Waals surface area contributed by atoms with Gasteiger partial charge in [0.05, 0.1) is 26.2 Å². The first-order valence-corrected chi connectivity index (χ1v) is 9.37. The van der Waals surface area contributed by atoms with Gasteiger partial charge in [-0.25, -0.2) is 0 Å². The minimum atomic E-state index is 0.158. The van der Waals surface area contributed by atoms with Crippen LogP contribution in [-0.2, 0) is 6.54 Å². The summed E-state index contributed by atoms with van der Waals surface area (Å²) in [6, 6.07) is 22.8. The molecule has 0 atom stereocenters. The molecule has 3 nitrogen and oxygen atoms in total. The molecule has 0 radical (unpaired) electrons. The highest BCUT2D eigenvalue weighted by Gasteiger charge is 2.24. The highest BCUT2D eigenvalue weighted by atomic mass is 16.2. The number of rotatable bonds is 3. The van der Waals surface area contributed by atoms with E-state index in [0.29, 0.717) is 0 Å². The quantitative estimate of drug-likeness (QED) is 0.776. The summed E-state index contributed by atoms with van der Waals surface area (Å²) in [7, 11) is 0. The number of hydrogen-bond donors (Lipinski definition) is 1. The van der Waals surface area contributed by atoms with Gasteiger partial charge >= 0.3 is 0 Å². The number of aryl methyl sites for hydroxylation is 1. The fourth-order valence-corrected chi connectivity index (χ4v) is 3.79. The second-order valence-electron chi connectivity index (χ2n) is 7.21. The lowest BCUT2D eigenvalue weighted by Gasteiger charge is -2.32. The van der Waals surface area contributed by atoms with E-state index in [2.05, 4.69) is 43.3 Å². The Morgan fingerprint density at radius 1 is 0.923 bits per heavy atom. The average Bonchev–Trinajstić information content (AvgIpc) is 2.69. The van der Waals surface area contributed by atoms with Gasteiger partial charge in [-0.15, -0.1) is 0 Å². The third-order valence-corrected chi connectivity index (χ3v) is 5.46. The molecular weight excluding hydrogens is 320 g/mol. The standard InChI is InChI=1S/C23H24N2O/c1-18-6-2-3-9-22(18)17-24-12-14-25(15-13-24)23(26)21-11-10-19-7-4-5-8-20(19)16-21/h2-11,16H,12-15,17H2,1H3/p+1. The van der Waals surface area contributed by atoms with E-state index in [4.69, 9.17) is 0 Å². The van der Waals surface area contributed by atoms with E-state index in [1.165, 1.54) is 16.5 Å². The molecule has 1 aliphatic rings. The molecule has 1 saturated heterocycles. The van der Waals surface area contributed by atoms with Crippen molar-refractivity contribution < 1.29 is 9.69 Å². The van der Waals surface area contributed by atoms with E-state index in [1.807, 2.05) is 35.2 Å². The van der Waals surface area contributed by atoms with E-state index in [0.717, 1.165) is 43.7 Å². The molecule has 0 saturated carbocycles. The molecule has 132 valence electrons. The number of fused-ring (bicyclic) bond motifs is 1. The Morgan fingerprint density at radius 3 is 2.38 bits per heavy atom. The molecule has 0 aliphatic carbocycles. The Labute approximate surface area is 154 Å². The van der Waals surface area contributed by atoms with Gasteiger partial charge in [-0.2, -0.15) is 0 Å². The minimum Gasteiger partial charge on any atom is -0.328 e. The summed E-state index contributed by atoms with van der Waals surface area (Å²) in [6.45, 7) is 6.89. The molecule has 4 rings (SSSR count). The third kappa shape index (κ3) is 3.49. The van der Waals surface area contributed by atoms with Crippen LogP contribution < -0.4 is 4.90 Å². The number of carbonyl (C=O) groups is 1. The van der Waals surface area contributed by atoms with Crippen molar-refractivity contribution in [1.82, 2.24) is 4.90 Å². The van der Waals surface area contributed by atoms with Gasteiger partial charge in [0, 0.05) is 11.1 Å². The largest absolute Gasteiger partial charge is 0.328 e. The Hall–Kier alpha value is -2.65. The average molecular weight is 345 g/mol. The molecule has 1 heterocycles. The molecule has 0 spiro atoms. The lowest BCUT2D eigenvalue weighted by molar-refractivity contribution is -0.917. The van der Waals surface area contributed by atoms with Gasteiger partial charge in [0.25, 0.3) is 5.91 Å². The first kappa shape index (κ1) is 16.8. The Balaban J connectivity index is 1.40. The van der Waals surface area contributed by atoms with Gasteiger partial charge in [-0.3, -0.25) is 4.79 Å². The zero-order valence-corrected chi connectivity index (χ0v) is 15.2. The van der Waals surface area contributed by atoms with Crippen LogP contribution in [0.4, 0.5) is 0 Å². The predicted molar refractivity (Wildman–Crippen MR) is 105 cm³/mol. The normalized spacial score (nSPS) is 15.3. The molecule has 0 bridgehead atoms. The summed E-state index contributed by atoms with van der Waals surface area (Å²) in [5.41, 5.74) is 3.57. The van der Waals surface area contributed by atoms with Crippen molar-refractivity contribution in [2.75, 3.05) is 26.2 Å². The van der Waals surface area contributed by atoms with Gasteiger partial charge in [0.2, 0.25) is 0 Å². The van der Waals surface area contributed by atoms with Crippen molar-refractivity contribution in [3.05, 3.63) is 83.4 Å². The Morgan fingerprint density at radius 2 is 1.62 bits per heavy atom. The minimum absolute atomic E-state index is 0.158. The molecule has 1 fully saturated rings. The first-order valence-electron chi connectivity index (χ1n) is 9.37. The first-order chi connectivity index (χ1) is 12.7. The van der Waals surface area contributed by atoms with Crippen LogP contribution in [0, 0.1) is 6.92 Å². The molecule has 3 heteroatoms. The van der Waals surface area contributed by atoms with E-state index < -0.39 is 0 Å². The molecule has 3 aromatic rings. The number of amides is 1. The maximum Gasteiger partial charge on any atom is 0.254 e. The van der Waals surface area contributed by atoms with Crippen molar-refractivity contribution >= 4 is 16.7 Å². The lowest BCUT2D eigenvalue weighted by Crippen LogP contribution is -3.13. The summed E-state index contributed by atoms with van der Waals surface area (Å²) in [4.78, 5) is 16.4. The van der Waals surface area contributed by atoms with E-state index >= 15 is 0 Å². The summed E-state index contributed by atoms with van der Waals surface area (Å²) >= 11 is 0. The number of carbonyl (C=O) groups excluding carboxylic acids is 1. The van der Waals surface area contributed by atoms with Crippen molar-refractivity contribution in [2.24, 2.45) is 0 Å². The van der Waals surface area contributed by atoms with Gasteiger partial charge in [0.15, 0.2) is 0 Å². The Bertz CT molecular complexity index is 926. The van der Waals surface area contributed by atoms with Gasteiger partial charge < -0.3 is 9.80 Å². The topological polar surface area (TPSA) is 24.8 Å². The SMILES string of the molecule is Cc1ccccc1C[NH+]1CCN(C(=O)c2ccc3ccccc3c2)CC1. The van der Waals surface area contributed by atoms with Crippen LogP contribution in [-0.4, -0.2) is 37.0 Å². The van der Waals surface area contributed by atoms with Crippen molar-refractivity contribution in [2.45, 2.75) is 13.5 Å². The molecule has 0 aromatic heterocycles. The zero-order chi connectivity index (χ0) is 17.9. The molecule has 3 aromatic carbocycles. The van der Waals surface area contributed by atoms with Crippen LogP contribution in [0.3, 0.4) is 0 Å². The predicted octanol–water partition coefficient (Wildman–Crippen LogP) is 2.69. The van der Waals surface area contributed by atoms with Crippen molar-refractivity contribution in [1.29, 1.82) is 0 Å². The number of hydrogen-bond acceptors (Lipinski definition) is 1. The van der Waals surface area contributed by atoms with Crippen LogP contribution >= 0.6 is 0 Å². The maximum atomic E-state index is 12.9. The molecule has 1 aliphatic heterocycles. The highest BCUT2D eigenvalue weighted by molar-refractivity contribution is 5.98. The van der Waals surface area contributed by atoms with Crippen molar-refractivity contribution in [3.63, 3.8) is 0 Å². The number of benzene rings is 3. The summed E-state index contributed by atoms with van der Waals surface area (Å²) in [6.07, 6.45) is 0. The number of nitrogens with one attached hydrogen (secondary N) is 1. The van der Waals surface area contributed by atoms with E-state index in [-0.39, 0.29) is 5.91 Å². The van der Waals surface area contributed by atoms with Gasteiger partial charge in [0.1, 0.15) is 6.54 Å². The number of nitrogens with zero attached hydrogens (tertiary/aromatic N) is 1. The molecule has 0 unspecified atom stereocenters. The number of piperazine rings is 1. The van der Waals surface area contributed by atoms with Crippen LogP contribution in [0.1, 0.15) is 21.5 Å². The van der Waals surface area contributed by atoms with E-state index in [9.17, 15) is 4.79 Å². The van der Waals surface area contributed by atoms with Crippen molar-refractivity contribution in [3.8, 4) is 0 Å². The second-order valence-corrected chi connectivity index (χ2v) is 7.21. The van der Waals surface area contributed by atoms with Crippen LogP contribution in [0.5, 0.6) is 0 Å². The number of quaternary nitrogens is 1.